The van der Waals surface area contributed by atoms with Crippen LogP contribution in [0.2, 0.25) is 0 Å². The monoisotopic (exact) mass is 184 g/mol. The molecular formula is C9H16N2O2. The minimum absolute atomic E-state index is 0.0276. The third kappa shape index (κ3) is 2.34. The summed E-state index contributed by atoms with van der Waals surface area (Å²) in [5.41, 5.74) is 0. The Morgan fingerprint density at radius 1 is 1.15 bits per heavy atom. The van der Waals surface area contributed by atoms with Crippen LogP contribution in [0.1, 0.15) is 25.7 Å². The summed E-state index contributed by atoms with van der Waals surface area (Å²) in [6, 6.07) is 0.614. The van der Waals surface area contributed by atoms with E-state index in [9.17, 15) is 4.79 Å². The predicted molar refractivity (Wildman–Crippen MR) is 48.5 cm³/mol. The lowest BCUT2D eigenvalue weighted by Crippen LogP contribution is -2.48. The van der Waals surface area contributed by atoms with Gasteiger partial charge >= 0.3 is 6.03 Å². The van der Waals surface area contributed by atoms with E-state index in [0.717, 1.165) is 25.9 Å². The fourth-order valence-electron chi connectivity index (χ4n) is 1.61. The van der Waals surface area contributed by atoms with E-state index in [1.54, 1.807) is 0 Å². The number of hydrogen-bond donors (Lipinski definition) is 2. The first-order chi connectivity index (χ1) is 6.34. The highest BCUT2D eigenvalue weighted by Gasteiger charge is 2.22. The van der Waals surface area contributed by atoms with Gasteiger partial charge in [0.05, 0.1) is 12.6 Å². The van der Waals surface area contributed by atoms with E-state index < -0.39 is 0 Å². The molecule has 4 heteroatoms. The summed E-state index contributed by atoms with van der Waals surface area (Å²) >= 11 is 0. The largest absolute Gasteiger partial charge is 0.379 e. The van der Waals surface area contributed by atoms with E-state index in [2.05, 4.69) is 10.6 Å². The highest BCUT2D eigenvalue weighted by molar-refractivity contribution is 5.74. The Balaban J connectivity index is 1.64. The fourth-order valence-corrected chi connectivity index (χ4v) is 1.61. The van der Waals surface area contributed by atoms with Crippen molar-refractivity contribution in [1.29, 1.82) is 0 Å². The summed E-state index contributed by atoms with van der Waals surface area (Å²) in [5, 5.41) is 5.84. The van der Waals surface area contributed by atoms with Gasteiger partial charge in [-0.3, -0.25) is 0 Å². The van der Waals surface area contributed by atoms with Crippen molar-refractivity contribution in [2.75, 3.05) is 13.2 Å². The average Bonchev–Trinajstić information content (AvgIpc) is 2.49. The normalized spacial score (nSPS) is 28.2. The number of amides is 2. The van der Waals surface area contributed by atoms with Gasteiger partial charge in [-0.05, 0) is 25.7 Å². The second kappa shape index (κ2) is 3.96. The molecule has 0 aromatic heterocycles. The number of nitrogens with one attached hydrogen (secondary N) is 2. The van der Waals surface area contributed by atoms with Gasteiger partial charge in [-0.25, -0.2) is 4.79 Å². The van der Waals surface area contributed by atoms with Crippen molar-refractivity contribution in [3.63, 3.8) is 0 Å². The minimum Gasteiger partial charge on any atom is -0.379 e. The summed E-state index contributed by atoms with van der Waals surface area (Å²) in [4.78, 5) is 11.3. The molecule has 0 aromatic rings. The van der Waals surface area contributed by atoms with Gasteiger partial charge in [-0.15, -0.1) is 0 Å². The van der Waals surface area contributed by atoms with Crippen LogP contribution < -0.4 is 10.6 Å². The van der Waals surface area contributed by atoms with Crippen LogP contribution in [0.3, 0.4) is 0 Å². The quantitative estimate of drug-likeness (QED) is 0.661. The van der Waals surface area contributed by atoms with Crippen LogP contribution in [0.4, 0.5) is 4.79 Å². The van der Waals surface area contributed by atoms with Crippen molar-refractivity contribution >= 4 is 6.03 Å². The SMILES string of the molecule is O=C(NC1CCC1)NC1CCOC1. The molecule has 1 saturated carbocycles. The van der Waals surface area contributed by atoms with Gasteiger partial charge in [0.1, 0.15) is 0 Å². The lowest BCUT2D eigenvalue weighted by molar-refractivity contribution is 0.187. The molecule has 1 unspecified atom stereocenters. The molecule has 1 aliphatic carbocycles. The summed E-state index contributed by atoms with van der Waals surface area (Å²) in [6.45, 7) is 1.44. The fraction of sp³-hybridized carbons (Fsp3) is 0.889. The first-order valence-electron chi connectivity index (χ1n) is 4.99. The zero-order valence-corrected chi connectivity index (χ0v) is 7.71. The number of ether oxygens (including phenoxy) is 1. The number of carbonyl (C=O) groups excluding carboxylic acids is 1. The van der Waals surface area contributed by atoms with E-state index in [1.807, 2.05) is 0 Å². The molecule has 1 saturated heterocycles. The van der Waals surface area contributed by atoms with Crippen molar-refractivity contribution in [3.8, 4) is 0 Å². The molecule has 4 nitrogen and oxygen atoms in total. The average molecular weight is 184 g/mol. The van der Waals surface area contributed by atoms with Gasteiger partial charge in [-0.1, -0.05) is 0 Å². The molecule has 1 aliphatic heterocycles. The Hall–Kier alpha value is -0.770. The topological polar surface area (TPSA) is 50.4 Å². The van der Waals surface area contributed by atoms with Crippen LogP contribution in [-0.2, 0) is 4.74 Å². The standard InChI is InChI=1S/C9H16N2O2/c12-9(10-7-2-1-3-7)11-8-4-5-13-6-8/h7-8H,1-6H2,(H2,10,11,12). The van der Waals surface area contributed by atoms with E-state index in [1.165, 1.54) is 6.42 Å². The third-order valence-electron chi connectivity index (χ3n) is 2.71. The molecule has 13 heavy (non-hydrogen) atoms. The van der Waals surface area contributed by atoms with Crippen molar-refractivity contribution in [2.24, 2.45) is 0 Å². The summed E-state index contributed by atoms with van der Waals surface area (Å²) in [5.74, 6) is 0. The highest BCUT2D eigenvalue weighted by atomic mass is 16.5. The minimum atomic E-state index is -0.0276. The maximum absolute atomic E-state index is 11.3. The first-order valence-corrected chi connectivity index (χ1v) is 4.99. The molecule has 2 fully saturated rings. The maximum Gasteiger partial charge on any atom is 0.315 e. The molecule has 2 N–H and O–H groups in total. The molecular weight excluding hydrogens is 168 g/mol. The second-order valence-corrected chi connectivity index (χ2v) is 3.81. The molecule has 2 amide bonds. The van der Waals surface area contributed by atoms with Crippen LogP contribution in [-0.4, -0.2) is 31.3 Å². The first kappa shape index (κ1) is 8.81. The Kier molecular flexibility index (Phi) is 2.68. The van der Waals surface area contributed by atoms with E-state index in [4.69, 9.17) is 4.74 Å². The Morgan fingerprint density at radius 2 is 1.92 bits per heavy atom. The van der Waals surface area contributed by atoms with Gasteiger partial charge in [0.15, 0.2) is 0 Å². The third-order valence-corrected chi connectivity index (χ3v) is 2.71. The highest BCUT2D eigenvalue weighted by Crippen LogP contribution is 2.17. The second-order valence-electron chi connectivity index (χ2n) is 3.81. The zero-order chi connectivity index (χ0) is 9.10. The van der Waals surface area contributed by atoms with Crippen LogP contribution >= 0.6 is 0 Å². The molecule has 1 atom stereocenters. The van der Waals surface area contributed by atoms with E-state index >= 15 is 0 Å². The molecule has 0 aromatic carbocycles. The zero-order valence-electron chi connectivity index (χ0n) is 7.71. The van der Waals surface area contributed by atoms with Gasteiger partial charge in [0.2, 0.25) is 0 Å². The Morgan fingerprint density at radius 3 is 2.46 bits per heavy atom. The molecule has 0 spiro atoms. The maximum atomic E-state index is 11.3. The smallest absolute Gasteiger partial charge is 0.315 e. The predicted octanol–water partition coefficient (Wildman–Crippen LogP) is 0.627. The number of carbonyl (C=O) groups is 1. The Bertz CT molecular complexity index is 186. The van der Waals surface area contributed by atoms with Gasteiger partial charge in [0.25, 0.3) is 0 Å². The molecule has 0 bridgehead atoms. The molecule has 1 heterocycles. The van der Waals surface area contributed by atoms with Crippen molar-refractivity contribution in [2.45, 2.75) is 37.8 Å². The van der Waals surface area contributed by atoms with Crippen LogP contribution in [0.25, 0.3) is 0 Å². The lowest BCUT2D eigenvalue weighted by atomic mass is 9.93. The number of hydrogen-bond acceptors (Lipinski definition) is 2. The lowest BCUT2D eigenvalue weighted by Gasteiger charge is -2.27. The summed E-state index contributed by atoms with van der Waals surface area (Å²) in [6.07, 6.45) is 4.46. The Labute approximate surface area is 78.0 Å². The van der Waals surface area contributed by atoms with E-state index in [-0.39, 0.29) is 12.1 Å². The number of urea groups is 1. The van der Waals surface area contributed by atoms with Crippen molar-refractivity contribution < 1.29 is 9.53 Å². The van der Waals surface area contributed by atoms with Crippen molar-refractivity contribution in [3.05, 3.63) is 0 Å². The van der Waals surface area contributed by atoms with E-state index in [0.29, 0.717) is 12.6 Å². The van der Waals surface area contributed by atoms with Gasteiger partial charge in [-0.2, -0.15) is 0 Å². The molecule has 0 radical (unpaired) electrons. The molecule has 2 rings (SSSR count). The molecule has 74 valence electrons. The van der Waals surface area contributed by atoms with Crippen LogP contribution in [0.5, 0.6) is 0 Å². The van der Waals surface area contributed by atoms with Crippen molar-refractivity contribution in [1.82, 2.24) is 10.6 Å². The summed E-state index contributed by atoms with van der Waals surface area (Å²) in [7, 11) is 0. The van der Waals surface area contributed by atoms with Crippen LogP contribution in [0, 0.1) is 0 Å². The molecule has 2 aliphatic rings. The summed E-state index contributed by atoms with van der Waals surface area (Å²) < 4.78 is 5.16. The van der Waals surface area contributed by atoms with Crippen LogP contribution in [0.15, 0.2) is 0 Å². The van der Waals surface area contributed by atoms with Gasteiger partial charge < -0.3 is 15.4 Å². The van der Waals surface area contributed by atoms with Gasteiger partial charge in [0, 0.05) is 12.6 Å². The number of rotatable bonds is 2.